The highest BCUT2D eigenvalue weighted by Gasteiger charge is 2.43. The first-order chi connectivity index (χ1) is 15.8. The molecule has 0 spiro atoms. The van der Waals surface area contributed by atoms with Gasteiger partial charge in [0.25, 0.3) is 11.8 Å². The van der Waals surface area contributed by atoms with Crippen LogP contribution in [0.1, 0.15) is 58.9 Å². The molecule has 0 atom stereocenters. The maximum absolute atomic E-state index is 13.3. The molecule has 0 saturated carbocycles. The number of unbranched alkanes of at least 4 members (excludes halogenated alkanes) is 2. The number of amides is 2. The highest BCUT2D eigenvalue weighted by molar-refractivity contribution is 6.42. The van der Waals surface area contributed by atoms with Crippen molar-refractivity contribution in [2.24, 2.45) is 0 Å². The van der Waals surface area contributed by atoms with Crippen molar-refractivity contribution in [2.45, 2.75) is 39.2 Å². The monoisotopic (exact) mass is 487 g/mol. The largest absolute Gasteiger partial charge is 0.505 e. The van der Waals surface area contributed by atoms with Crippen LogP contribution in [0.3, 0.4) is 0 Å². The van der Waals surface area contributed by atoms with Crippen molar-refractivity contribution in [1.29, 1.82) is 0 Å². The number of carbonyl (C=O) groups excluding carboxylic acids is 3. The molecule has 2 heterocycles. The van der Waals surface area contributed by atoms with Crippen LogP contribution in [0.25, 0.3) is 11.0 Å². The van der Waals surface area contributed by atoms with Crippen LogP contribution in [0.4, 0.5) is 0 Å². The second kappa shape index (κ2) is 9.33. The van der Waals surface area contributed by atoms with Gasteiger partial charge < -0.3 is 9.84 Å². The van der Waals surface area contributed by atoms with Crippen LogP contribution >= 0.6 is 23.2 Å². The second-order valence-corrected chi connectivity index (χ2v) is 8.37. The van der Waals surface area contributed by atoms with Gasteiger partial charge in [-0.05, 0) is 24.1 Å². The molecule has 1 aliphatic rings. The van der Waals surface area contributed by atoms with Crippen LogP contribution in [-0.4, -0.2) is 37.8 Å². The number of hydrogen-bond donors (Lipinski definition) is 1. The zero-order valence-electron chi connectivity index (χ0n) is 17.6. The molecule has 0 saturated heterocycles. The van der Waals surface area contributed by atoms with Gasteiger partial charge in [-0.2, -0.15) is 0 Å². The maximum Gasteiger partial charge on any atom is 0.311 e. The van der Waals surface area contributed by atoms with Crippen molar-refractivity contribution in [2.75, 3.05) is 0 Å². The number of ether oxygens (including phenoxy) is 1. The number of phenolic OH excluding ortho intramolecular Hbond substituents is 1. The lowest BCUT2D eigenvalue weighted by Gasteiger charge is -2.14. The summed E-state index contributed by atoms with van der Waals surface area (Å²) in [6, 6.07) is 4.73. The van der Waals surface area contributed by atoms with Crippen molar-refractivity contribution < 1.29 is 24.2 Å². The Kier molecular flexibility index (Phi) is 6.49. The summed E-state index contributed by atoms with van der Waals surface area (Å²) in [4.78, 5) is 48.1. The standard InChI is InChI=1S/C23H19Cl2N3O5/c1-2-3-4-5-15(29)33-21-17-16(20(30)18-19(21)27-9-8-26-18)22(31)28(23(17)32)11-12-6-7-13(24)14(25)10-12/h6-10,30H,2-5,11H2,1H3. The average Bonchev–Trinajstić information content (AvgIpc) is 3.04. The van der Waals surface area contributed by atoms with E-state index in [0.29, 0.717) is 17.0 Å². The summed E-state index contributed by atoms with van der Waals surface area (Å²) in [6.45, 7) is 1.89. The van der Waals surface area contributed by atoms with Gasteiger partial charge in [-0.25, -0.2) is 9.97 Å². The molecule has 10 heteroatoms. The van der Waals surface area contributed by atoms with E-state index in [4.69, 9.17) is 27.9 Å². The number of imide groups is 1. The van der Waals surface area contributed by atoms with Gasteiger partial charge in [0.05, 0.1) is 16.6 Å². The molecule has 1 aliphatic heterocycles. The van der Waals surface area contributed by atoms with Crippen LogP contribution in [0, 0.1) is 0 Å². The van der Waals surface area contributed by atoms with E-state index in [0.717, 1.165) is 17.7 Å². The second-order valence-electron chi connectivity index (χ2n) is 7.56. The topological polar surface area (TPSA) is 110 Å². The number of nitrogens with zero attached hydrogens (tertiary/aromatic N) is 3. The summed E-state index contributed by atoms with van der Waals surface area (Å²) in [5.41, 5.74) is 0.0522. The molecule has 0 bridgehead atoms. The van der Waals surface area contributed by atoms with Gasteiger partial charge in [0, 0.05) is 18.8 Å². The summed E-state index contributed by atoms with van der Waals surface area (Å²) >= 11 is 12.0. The SMILES string of the molecule is CCCCCC(=O)Oc1c2c(c(O)c3nccnc13)C(=O)N(Cc1ccc(Cl)c(Cl)c1)C2=O. The number of esters is 1. The zero-order valence-corrected chi connectivity index (χ0v) is 19.1. The van der Waals surface area contributed by atoms with E-state index < -0.39 is 23.5 Å². The number of fused-ring (bicyclic) bond motifs is 2. The lowest BCUT2D eigenvalue weighted by atomic mass is 10.0. The van der Waals surface area contributed by atoms with Gasteiger partial charge in [-0.15, -0.1) is 0 Å². The van der Waals surface area contributed by atoms with Crippen molar-refractivity contribution in [1.82, 2.24) is 14.9 Å². The Morgan fingerprint density at radius 1 is 1.03 bits per heavy atom. The quantitative estimate of drug-likeness (QED) is 0.218. The fraction of sp³-hybridized carbons (Fsp3) is 0.261. The predicted octanol–water partition coefficient (Wildman–Crippen LogP) is 4.92. The molecule has 0 radical (unpaired) electrons. The summed E-state index contributed by atoms with van der Waals surface area (Å²) in [5.74, 6) is -2.70. The molecular weight excluding hydrogens is 469 g/mol. The summed E-state index contributed by atoms with van der Waals surface area (Å²) in [6.07, 6.45) is 5.20. The van der Waals surface area contributed by atoms with Crippen LogP contribution in [0.15, 0.2) is 30.6 Å². The molecule has 33 heavy (non-hydrogen) atoms. The van der Waals surface area contributed by atoms with Crippen molar-refractivity contribution in [3.05, 3.63) is 57.3 Å². The number of phenols is 1. The third-order valence-electron chi connectivity index (χ3n) is 5.29. The Balaban J connectivity index is 1.78. The zero-order chi connectivity index (χ0) is 23.7. The van der Waals surface area contributed by atoms with Crippen LogP contribution in [0.5, 0.6) is 11.5 Å². The van der Waals surface area contributed by atoms with E-state index in [-0.39, 0.29) is 45.9 Å². The molecule has 2 aromatic carbocycles. The summed E-state index contributed by atoms with van der Waals surface area (Å²) in [7, 11) is 0. The van der Waals surface area contributed by atoms with Gasteiger partial charge in [0.15, 0.2) is 11.5 Å². The van der Waals surface area contributed by atoms with E-state index in [1.54, 1.807) is 18.2 Å². The molecule has 0 unspecified atom stereocenters. The highest BCUT2D eigenvalue weighted by atomic mass is 35.5. The Morgan fingerprint density at radius 2 is 1.73 bits per heavy atom. The molecule has 4 rings (SSSR count). The van der Waals surface area contributed by atoms with Crippen molar-refractivity contribution in [3.8, 4) is 11.5 Å². The first kappa shape index (κ1) is 22.9. The molecular formula is C23H19Cl2N3O5. The highest BCUT2D eigenvalue weighted by Crippen LogP contribution is 2.43. The number of aromatic hydroxyl groups is 1. The summed E-state index contributed by atoms with van der Waals surface area (Å²) in [5, 5.41) is 11.4. The lowest BCUT2D eigenvalue weighted by Crippen LogP contribution is -2.29. The fourth-order valence-corrected chi connectivity index (χ4v) is 3.99. The Hall–Kier alpha value is -3.23. The average molecular weight is 488 g/mol. The molecule has 170 valence electrons. The van der Waals surface area contributed by atoms with E-state index in [1.807, 2.05) is 6.92 Å². The molecule has 3 aromatic rings. The van der Waals surface area contributed by atoms with E-state index in [2.05, 4.69) is 9.97 Å². The maximum atomic E-state index is 13.3. The minimum absolute atomic E-state index is 0.0233. The Morgan fingerprint density at radius 3 is 2.42 bits per heavy atom. The number of benzene rings is 2. The minimum atomic E-state index is -0.741. The van der Waals surface area contributed by atoms with Crippen molar-refractivity contribution in [3.63, 3.8) is 0 Å². The fourth-order valence-electron chi connectivity index (χ4n) is 3.67. The van der Waals surface area contributed by atoms with E-state index >= 15 is 0 Å². The van der Waals surface area contributed by atoms with E-state index in [1.165, 1.54) is 12.4 Å². The molecule has 0 fully saturated rings. The smallest absolute Gasteiger partial charge is 0.311 e. The number of aromatic nitrogens is 2. The van der Waals surface area contributed by atoms with Gasteiger partial charge in [0.1, 0.15) is 22.2 Å². The van der Waals surface area contributed by atoms with Gasteiger partial charge in [-0.1, -0.05) is 49.0 Å². The minimum Gasteiger partial charge on any atom is -0.505 e. The van der Waals surface area contributed by atoms with Crippen LogP contribution < -0.4 is 4.74 Å². The molecule has 2 amide bonds. The first-order valence-electron chi connectivity index (χ1n) is 10.3. The third kappa shape index (κ3) is 4.24. The number of carbonyl (C=O) groups is 3. The molecule has 8 nitrogen and oxygen atoms in total. The summed E-state index contributed by atoms with van der Waals surface area (Å²) < 4.78 is 5.53. The predicted molar refractivity (Wildman–Crippen MR) is 122 cm³/mol. The number of halogens is 2. The van der Waals surface area contributed by atoms with Crippen molar-refractivity contribution >= 4 is 52.0 Å². The first-order valence-corrected chi connectivity index (χ1v) is 11.1. The third-order valence-corrected chi connectivity index (χ3v) is 6.03. The van der Waals surface area contributed by atoms with Crippen LogP contribution in [-0.2, 0) is 11.3 Å². The van der Waals surface area contributed by atoms with Gasteiger partial charge >= 0.3 is 5.97 Å². The lowest BCUT2D eigenvalue weighted by molar-refractivity contribution is -0.134. The van der Waals surface area contributed by atoms with Gasteiger partial charge in [0.2, 0.25) is 0 Å². The van der Waals surface area contributed by atoms with Gasteiger partial charge in [-0.3, -0.25) is 19.3 Å². The normalized spacial score (nSPS) is 13.0. The molecule has 0 aliphatic carbocycles. The molecule has 1 N–H and O–H groups in total. The Bertz CT molecular complexity index is 1290. The Labute approximate surface area is 199 Å². The van der Waals surface area contributed by atoms with Crippen LogP contribution in [0.2, 0.25) is 10.0 Å². The molecule has 1 aromatic heterocycles. The van der Waals surface area contributed by atoms with E-state index in [9.17, 15) is 19.5 Å². The number of hydrogen-bond acceptors (Lipinski definition) is 7. The number of rotatable bonds is 7.